The van der Waals surface area contributed by atoms with Gasteiger partial charge in [0.05, 0.1) is 12.2 Å². The molecule has 3 fully saturated rings. The van der Waals surface area contributed by atoms with Crippen LogP contribution in [0.2, 0.25) is 0 Å². The minimum Gasteiger partial charge on any atom is -0.508 e. The van der Waals surface area contributed by atoms with Gasteiger partial charge in [0.25, 0.3) is 0 Å². The second kappa shape index (κ2) is 3.24. The monoisotopic (exact) mass is 204 g/mol. The highest BCUT2D eigenvalue weighted by Gasteiger charge is 2.42. The Morgan fingerprint density at radius 1 is 1.13 bits per heavy atom. The zero-order valence-corrected chi connectivity index (χ0v) is 8.78. The summed E-state index contributed by atoms with van der Waals surface area (Å²) in [7, 11) is 0. The molecule has 80 valence electrons. The van der Waals surface area contributed by atoms with Crippen LogP contribution in [0.4, 0.5) is 0 Å². The zero-order valence-electron chi connectivity index (χ0n) is 8.78. The predicted octanol–water partition coefficient (Wildman–Crippen LogP) is 2.81. The van der Waals surface area contributed by atoms with E-state index in [0.717, 1.165) is 25.4 Å². The van der Waals surface area contributed by atoms with Gasteiger partial charge in [-0.1, -0.05) is 12.1 Å². The number of hydrogen-bond acceptors (Lipinski definition) is 2. The van der Waals surface area contributed by atoms with Crippen molar-refractivity contribution in [1.82, 2.24) is 0 Å². The van der Waals surface area contributed by atoms with Crippen LogP contribution in [0.15, 0.2) is 24.3 Å². The van der Waals surface area contributed by atoms with Crippen LogP contribution in [0.3, 0.4) is 0 Å². The Balaban J connectivity index is 1.94. The summed E-state index contributed by atoms with van der Waals surface area (Å²) in [6.07, 6.45) is 4.87. The highest BCUT2D eigenvalue weighted by molar-refractivity contribution is 5.31. The molecule has 0 aromatic heterocycles. The summed E-state index contributed by atoms with van der Waals surface area (Å²) in [5, 5.41) is 9.28. The minimum absolute atomic E-state index is 0.0392. The van der Waals surface area contributed by atoms with Crippen LogP contribution < -0.4 is 0 Å². The number of hydrogen-bond donors (Lipinski definition) is 1. The molecule has 0 unspecified atom stereocenters. The maximum atomic E-state index is 9.28. The Morgan fingerprint density at radius 3 is 2.33 bits per heavy atom. The molecule has 3 aliphatic rings. The lowest BCUT2D eigenvalue weighted by Gasteiger charge is -2.46. The summed E-state index contributed by atoms with van der Waals surface area (Å²) in [4.78, 5) is 0. The zero-order chi connectivity index (χ0) is 10.3. The molecule has 0 spiro atoms. The van der Waals surface area contributed by atoms with E-state index in [9.17, 15) is 5.11 Å². The molecule has 2 saturated heterocycles. The van der Waals surface area contributed by atoms with E-state index in [4.69, 9.17) is 4.74 Å². The summed E-state index contributed by atoms with van der Waals surface area (Å²) in [6.45, 7) is 0.918. The first-order valence-corrected chi connectivity index (χ1v) is 5.72. The number of benzene rings is 1. The molecule has 1 aromatic rings. The van der Waals surface area contributed by atoms with Crippen molar-refractivity contribution in [3.63, 3.8) is 0 Å². The smallest absolute Gasteiger partial charge is 0.115 e. The number of fused-ring (bicyclic) bond motifs is 3. The van der Waals surface area contributed by atoms with Crippen molar-refractivity contribution in [2.75, 3.05) is 6.61 Å². The molecule has 1 saturated carbocycles. The Morgan fingerprint density at radius 2 is 1.80 bits per heavy atom. The molecule has 2 heterocycles. The lowest BCUT2D eigenvalue weighted by molar-refractivity contribution is -0.149. The third-order valence-electron chi connectivity index (χ3n) is 3.90. The fourth-order valence-electron chi connectivity index (χ4n) is 2.87. The standard InChI is InChI=1S/C13H16O2/c14-12-3-1-11(2-4-12)13-7-5-10(6-8-13)9-15-13/h1-4,10,14H,5-9H2/t10-,13+. The number of phenolic OH excluding ortho intramolecular Hbond substituents is 1. The molecule has 2 nitrogen and oxygen atoms in total. The normalized spacial score (nSPS) is 34.3. The molecule has 2 bridgehead atoms. The number of phenols is 1. The average Bonchev–Trinajstić information content (AvgIpc) is 2.32. The first kappa shape index (κ1) is 9.22. The van der Waals surface area contributed by atoms with Gasteiger partial charge in [-0.15, -0.1) is 0 Å². The third-order valence-corrected chi connectivity index (χ3v) is 3.90. The van der Waals surface area contributed by atoms with Gasteiger partial charge in [-0.2, -0.15) is 0 Å². The number of ether oxygens (including phenoxy) is 1. The third kappa shape index (κ3) is 1.44. The van der Waals surface area contributed by atoms with Crippen LogP contribution in [0.25, 0.3) is 0 Å². The van der Waals surface area contributed by atoms with Gasteiger partial charge in [0.15, 0.2) is 0 Å². The van der Waals surface area contributed by atoms with Crippen molar-refractivity contribution in [3.05, 3.63) is 29.8 Å². The summed E-state index contributed by atoms with van der Waals surface area (Å²) in [5.74, 6) is 1.13. The lowest BCUT2D eigenvalue weighted by atomic mass is 9.72. The largest absolute Gasteiger partial charge is 0.508 e. The van der Waals surface area contributed by atoms with Gasteiger partial charge in [0.1, 0.15) is 5.75 Å². The molecule has 4 rings (SSSR count). The second-order valence-corrected chi connectivity index (χ2v) is 4.80. The highest BCUT2D eigenvalue weighted by Crippen LogP contribution is 2.47. The Labute approximate surface area is 89.9 Å². The van der Waals surface area contributed by atoms with Crippen molar-refractivity contribution in [1.29, 1.82) is 0 Å². The molecule has 0 atom stereocenters. The van der Waals surface area contributed by atoms with Gasteiger partial charge >= 0.3 is 0 Å². The lowest BCUT2D eigenvalue weighted by Crippen LogP contribution is -2.42. The highest BCUT2D eigenvalue weighted by atomic mass is 16.5. The van der Waals surface area contributed by atoms with Crippen LogP contribution in [0.1, 0.15) is 31.2 Å². The van der Waals surface area contributed by atoms with Crippen LogP contribution in [-0.4, -0.2) is 11.7 Å². The number of rotatable bonds is 1. The topological polar surface area (TPSA) is 29.5 Å². The van der Waals surface area contributed by atoms with E-state index < -0.39 is 0 Å². The van der Waals surface area contributed by atoms with E-state index in [1.807, 2.05) is 12.1 Å². The molecular formula is C13H16O2. The van der Waals surface area contributed by atoms with Crippen molar-refractivity contribution in [2.45, 2.75) is 31.3 Å². The van der Waals surface area contributed by atoms with Crippen molar-refractivity contribution < 1.29 is 9.84 Å². The van der Waals surface area contributed by atoms with Gasteiger partial charge in [0, 0.05) is 0 Å². The van der Waals surface area contributed by atoms with Crippen LogP contribution in [0.5, 0.6) is 5.75 Å². The maximum absolute atomic E-state index is 9.28. The quantitative estimate of drug-likeness (QED) is 0.762. The molecule has 0 amide bonds. The van der Waals surface area contributed by atoms with E-state index in [1.165, 1.54) is 18.4 Å². The minimum atomic E-state index is -0.0392. The SMILES string of the molecule is Oc1ccc([C@]23CC[C@H](CC2)CO3)cc1. The molecular weight excluding hydrogens is 188 g/mol. The van der Waals surface area contributed by atoms with E-state index in [0.29, 0.717) is 5.75 Å². The van der Waals surface area contributed by atoms with Crippen LogP contribution in [-0.2, 0) is 10.3 Å². The van der Waals surface area contributed by atoms with E-state index >= 15 is 0 Å². The predicted molar refractivity (Wildman–Crippen MR) is 57.7 cm³/mol. The second-order valence-electron chi connectivity index (χ2n) is 4.80. The van der Waals surface area contributed by atoms with Gasteiger partial charge in [-0.3, -0.25) is 0 Å². The van der Waals surface area contributed by atoms with E-state index in [-0.39, 0.29) is 5.60 Å². The van der Waals surface area contributed by atoms with Gasteiger partial charge in [-0.05, 0) is 49.3 Å². The molecule has 2 heteroatoms. The van der Waals surface area contributed by atoms with Crippen molar-refractivity contribution in [3.8, 4) is 5.75 Å². The fraction of sp³-hybridized carbons (Fsp3) is 0.538. The fourth-order valence-corrected chi connectivity index (χ4v) is 2.87. The molecule has 1 aromatic carbocycles. The summed E-state index contributed by atoms with van der Waals surface area (Å²) >= 11 is 0. The van der Waals surface area contributed by atoms with E-state index in [2.05, 4.69) is 0 Å². The molecule has 1 N–H and O–H groups in total. The van der Waals surface area contributed by atoms with Gasteiger partial charge in [0.2, 0.25) is 0 Å². The van der Waals surface area contributed by atoms with Gasteiger partial charge < -0.3 is 9.84 Å². The van der Waals surface area contributed by atoms with Gasteiger partial charge in [-0.25, -0.2) is 0 Å². The number of aromatic hydroxyl groups is 1. The summed E-state index contributed by atoms with van der Waals surface area (Å²) < 4.78 is 6.01. The van der Waals surface area contributed by atoms with Crippen LogP contribution in [0, 0.1) is 5.92 Å². The van der Waals surface area contributed by atoms with E-state index in [1.54, 1.807) is 12.1 Å². The first-order chi connectivity index (χ1) is 7.28. The first-order valence-electron chi connectivity index (χ1n) is 5.72. The summed E-state index contributed by atoms with van der Waals surface area (Å²) in [5.41, 5.74) is 1.20. The Bertz CT molecular complexity index is 334. The Kier molecular flexibility index (Phi) is 1.99. The molecule has 15 heavy (non-hydrogen) atoms. The molecule has 1 aliphatic carbocycles. The van der Waals surface area contributed by atoms with Crippen LogP contribution >= 0.6 is 0 Å². The summed E-state index contributed by atoms with van der Waals surface area (Å²) in [6, 6.07) is 7.52. The Hall–Kier alpha value is -1.02. The molecule has 2 aliphatic heterocycles. The van der Waals surface area contributed by atoms with Crippen molar-refractivity contribution in [2.24, 2.45) is 5.92 Å². The molecule has 0 radical (unpaired) electrons. The average molecular weight is 204 g/mol. The maximum Gasteiger partial charge on any atom is 0.115 e. The van der Waals surface area contributed by atoms with Crippen molar-refractivity contribution >= 4 is 0 Å².